The first-order valence-electron chi connectivity index (χ1n) is 11.4. The molecule has 0 aliphatic carbocycles. The molecular weight excluding hydrogens is 432 g/mol. The number of carbonyl (C=O) groups excluding carboxylic acids is 1. The molecule has 3 aromatic rings. The molecule has 3 aromatic carbocycles. The molecule has 6 rings (SSSR count). The molecule has 5 nitrogen and oxygen atoms in total. The molecule has 0 unspecified atom stereocenters. The molecule has 1 amide bonds. The summed E-state index contributed by atoms with van der Waals surface area (Å²) in [6.07, 6.45) is 0.658. The van der Waals surface area contributed by atoms with Gasteiger partial charge in [-0.25, -0.2) is 0 Å². The lowest BCUT2D eigenvalue weighted by Crippen LogP contribution is -2.67. The molecular formula is C27H25ClN4O. The zero-order valence-corrected chi connectivity index (χ0v) is 19.2. The minimum Gasteiger partial charge on any atom is -0.368 e. The van der Waals surface area contributed by atoms with Crippen LogP contribution in [-0.4, -0.2) is 37.3 Å². The van der Waals surface area contributed by atoms with Gasteiger partial charge in [0, 0.05) is 36.0 Å². The highest BCUT2D eigenvalue weighted by molar-refractivity contribution is 6.30. The summed E-state index contributed by atoms with van der Waals surface area (Å²) in [5.41, 5.74) is 4.53. The lowest BCUT2D eigenvalue weighted by Gasteiger charge is -2.53. The minimum absolute atomic E-state index is 0.0231. The number of benzene rings is 3. The zero-order valence-electron chi connectivity index (χ0n) is 18.5. The Labute approximate surface area is 198 Å². The van der Waals surface area contributed by atoms with Crippen molar-refractivity contribution in [3.63, 3.8) is 0 Å². The average Bonchev–Trinajstić information content (AvgIpc) is 3.10. The summed E-state index contributed by atoms with van der Waals surface area (Å²) in [5, 5.41) is 7.16. The van der Waals surface area contributed by atoms with Gasteiger partial charge >= 0.3 is 0 Å². The zero-order chi connectivity index (χ0) is 22.6. The highest BCUT2D eigenvalue weighted by atomic mass is 35.5. The number of hydrazone groups is 1. The molecule has 2 atom stereocenters. The first-order chi connectivity index (χ1) is 16.1. The molecule has 1 saturated heterocycles. The maximum absolute atomic E-state index is 14.2. The Kier molecular flexibility index (Phi) is 4.70. The molecule has 6 heteroatoms. The number of anilines is 3. The van der Waals surface area contributed by atoms with E-state index in [1.807, 2.05) is 55.5 Å². The number of rotatable bonds is 2. The Bertz CT molecular complexity index is 1260. The maximum atomic E-state index is 14.2. The van der Waals surface area contributed by atoms with E-state index in [0.29, 0.717) is 6.42 Å². The predicted octanol–water partition coefficient (Wildman–Crippen LogP) is 5.00. The number of hydrogen-bond donors (Lipinski definition) is 0. The first kappa shape index (κ1) is 20.3. The number of halogens is 1. The van der Waals surface area contributed by atoms with E-state index in [2.05, 4.69) is 40.1 Å². The van der Waals surface area contributed by atoms with Crippen LogP contribution < -0.4 is 14.8 Å². The number of amides is 1. The van der Waals surface area contributed by atoms with Crippen LogP contribution in [0.1, 0.15) is 12.5 Å². The summed E-state index contributed by atoms with van der Waals surface area (Å²) < 4.78 is 0. The van der Waals surface area contributed by atoms with E-state index in [1.165, 1.54) is 11.3 Å². The molecule has 3 heterocycles. The van der Waals surface area contributed by atoms with Crippen LogP contribution in [0.4, 0.5) is 17.1 Å². The van der Waals surface area contributed by atoms with Gasteiger partial charge < -0.3 is 9.80 Å². The van der Waals surface area contributed by atoms with Gasteiger partial charge in [-0.2, -0.15) is 10.1 Å². The van der Waals surface area contributed by atoms with Crippen molar-refractivity contribution in [1.82, 2.24) is 0 Å². The maximum Gasteiger partial charge on any atom is 0.261 e. The van der Waals surface area contributed by atoms with Crippen molar-refractivity contribution in [2.75, 3.05) is 34.4 Å². The Morgan fingerprint density at radius 3 is 2.52 bits per heavy atom. The molecule has 0 aromatic heterocycles. The highest BCUT2D eigenvalue weighted by Gasteiger charge is 2.59. The van der Waals surface area contributed by atoms with E-state index in [9.17, 15) is 4.79 Å². The summed E-state index contributed by atoms with van der Waals surface area (Å²) in [5.74, 6) is 0.0589. The number of hydrogen-bond acceptors (Lipinski definition) is 4. The van der Waals surface area contributed by atoms with Crippen LogP contribution in [0.5, 0.6) is 0 Å². The van der Waals surface area contributed by atoms with E-state index in [0.717, 1.165) is 41.7 Å². The van der Waals surface area contributed by atoms with E-state index >= 15 is 0 Å². The Morgan fingerprint density at radius 2 is 1.70 bits per heavy atom. The van der Waals surface area contributed by atoms with Gasteiger partial charge in [-0.3, -0.25) is 4.79 Å². The summed E-state index contributed by atoms with van der Waals surface area (Å²) in [6, 6.07) is 26.2. The normalized spacial score (nSPS) is 24.1. The fourth-order valence-corrected chi connectivity index (χ4v) is 5.90. The smallest absolute Gasteiger partial charge is 0.261 e. The molecule has 0 bridgehead atoms. The topological polar surface area (TPSA) is 39.2 Å². The molecule has 166 valence electrons. The molecule has 33 heavy (non-hydrogen) atoms. The van der Waals surface area contributed by atoms with Crippen LogP contribution in [0.15, 0.2) is 84.0 Å². The average molecular weight is 457 g/mol. The predicted molar refractivity (Wildman–Crippen MR) is 134 cm³/mol. The Morgan fingerprint density at radius 1 is 0.939 bits per heavy atom. The second-order valence-corrected chi connectivity index (χ2v) is 9.49. The van der Waals surface area contributed by atoms with E-state index in [1.54, 1.807) is 5.01 Å². The summed E-state index contributed by atoms with van der Waals surface area (Å²) in [4.78, 5) is 19.0. The van der Waals surface area contributed by atoms with E-state index in [-0.39, 0.29) is 11.9 Å². The second kappa shape index (κ2) is 7.63. The fraction of sp³-hybridized carbons (Fsp3) is 0.259. The molecule has 0 saturated carbocycles. The summed E-state index contributed by atoms with van der Waals surface area (Å²) in [7, 11) is 0. The number of carbonyl (C=O) groups is 1. The largest absolute Gasteiger partial charge is 0.368 e. The van der Waals surface area contributed by atoms with Crippen LogP contribution in [0.2, 0.25) is 5.02 Å². The van der Waals surface area contributed by atoms with Crippen molar-refractivity contribution in [2.24, 2.45) is 10.5 Å². The third kappa shape index (κ3) is 3.06. The SMILES string of the molecule is CC1=NN(c2ccccc2)C(=O)[C@]12Cc1ccccc1N1CCN(c3cccc(Cl)c3)C[C@@H]12. The molecule has 0 radical (unpaired) electrons. The molecule has 3 aliphatic heterocycles. The van der Waals surface area contributed by atoms with E-state index in [4.69, 9.17) is 16.7 Å². The summed E-state index contributed by atoms with van der Waals surface area (Å²) in [6.45, 7) is 4.46. The summed E-state index contributed by atoms with van der Waals surface area (Å²) >= 11 is 6.31. The van der Waals surface area contributed by atoms with Gasteiger partial charge in [0.1, 0.15) is 5.41 Å². The van der Waals surface area contributed by atoms with E-state index < -0.39 is 5.41 Å². The van der Waals surface area contributed by atoms with Gasteiger partial charge in [0.25, 0.3) is 5.91 Å². The number of fused-ring (bicyclic) bond motifs is 4. The van der Waals surface area contributed by atoms with Crippen LogP contribution in [-0.2, 0) is 11.2 Å². The van der Waals surface area contributed by atoms with Gasteiger partial charge in [-0.1, -0.05) is 54.1 Å². The third-order valence-corrected chi connectivity index (χ3v) is 7.60. The lowest BCUT2D eigenvalue weighted by atomic mass is 9.67. The first-order valence-corrected chi connectivity index (χ1v) is 11.8. The van der Waals surface area contributed by atoms with Crippen molar-refractivity contribution < 1.29 is 4.79 Å². The van der Waals surface area contributed by atoms with Crippen LogP contribution in [0, 0.1) is 5.41 Å². The van der Waals surface area contributed by atoms with Gasteiger partial charge in [0.05, 0.1) is 17.4 Å². The second-order valence-electron chi connectivity index (χ2n) is 9.05. The fourth-order valence-electron chi connectivity index (χ4n) is 5.72. The van der Waals surface area contributed by atoms with Crippen molar-refractivity contribution in [3.8, 4) is 0 Å². The number of piperazine rings is 1. The standard InChI is InChI=1S/C27H25ClN4O/c1-19-27(26(33)32(29-19)22-10-3-2-4-11-22)17-20-8-5-6-13-24(20)31-15-14-30(18-25(27)31)23-12-7-9-21(28)16-23/h2-13,16,25H,14-15,17-18H2,1H3/t25-,27-/m1/s1. The molecule has 1 spiro atoms. The van der Waals surface area contributed by atoms with Crippen LogP contribution in [0.3, 0.4) is 0 Å². The minimum atomic E-state index is -0.707. The van der Waals surface area contributed by atoms with Crippen molar-refractivity contribution >= 4 is 40.3 Å². The van der Waals surface area contributed by atoms with Gasteiger partial charge in [0.15, 0.2) is 0 Å². The van der Waals surface area contributed by atoms with Gasteiger partial charge in [0.2, 0.25) is 0 Å². The monoisotopic (exact) mass is 456 g/mol. The lowest BCUT2D eigenvalue weighted by molar-refractivity contribution is -0.125. The third-order valence-electron chi connectivity index (χ3n) is 7.36. The van der Waals surface area contributed by atoms with Crippen molar-refractivity contribution in [2.45, 2.75) is 19.4 Å². The van der Waals surface area contributed by atoms with Crippen LogP contribution >= 0.6 is 11.6 Å². The Balaban J connectivity index is 1.45. The van der Waals surface area contributed by atoms with Crippen molar-refractivity contribution in [1.29, 1.82) is 0 Å². The highest BCUT2D eigenvalue weighted by Crippen LogP contribution is 2.48. The molecule has 1 fully saturated rings. The number of para-hydroxylation sites is 2. The molecule has 3 aliphatic rings. The van der Waals surface area contributed by atoms with Gasteiger partial charge in [-0.05, 0) is 55.3 Å². The number of nitrogens with zero attached hydrogens (tertiary/aromatic N) is 4. The molecule has 0 N–H and O–H groups in total. The van der Waals surface area contributed by atoms with Gasteiger partial charge in [-0.15, -0.1) is 0 Å². The Hall–Kier alpha value is -3.31. The van der Waals surface area contributed by atoms with Crippen LogP contribution in [0.25, 0.3) is 0 Å². The quantitative estimate of drug-likeness (QED) is 0.544. The van der Waals surface area contributed by atoms with Crippen molar-refractivity contribution in [3.05, 3.63) is 89.4 Å².